The molecular formula is C23H28N6O2. The SMILES string of the molecule is COc1ccc(NC(=O)c2cnc(C3CCN(Cc4cnn(C)c4)CC3)nc2C)cc1. The molecule has 1 aliphatic heterocycles. The lowest BCUT2D eigenvalue weighted by atomic mass is 9.95. The Kier molecular flexibility index (Phi) is 6.27. The zero-order valence-electron chi connectivity index (χ0n) is 18.2. The van der Waals surface area contributed by atoms with Gasteiger partial charge in [0.25, 0.3) is 5.91 Å². The molecule has 1 aromatic carbocycles. The standard InChI is InChI=1S/C23H28N6O2/c1-16-21(23(30)27-19-4-6-20(31-3)7-5-19)13-24-22(26-16)18-8-10-29(11-9-18)15-17-12-25-28(2)14-17/h4-7,12-14,18H,8-11,15H2,1-3H3,(H,27,30). The van der Waals surface area contributed by atoms with Crippen LogP contribution in [0.15, 0.2) is 42.9 Å². The van der Waals surface area contributed by atoms with Gasteiger partial charge in [-0.05, 0) is 57.1 Å². The van der Waals surface area contributed by atoms with Gasteiger partial charge in [0.2, 0.25) is 0 Å². The Bertz CT molecular complexity index is 1040. The molecule has 2 aromatic heterocycles. The van der Waals surface area contributed by atoms with Crippen LogP contribution in [0.1, 0.15) is 46.2 Å². The summed E-state index contributed by atoms with van der Waals surface area (Å²) in [6.45, 7) is 4.79. The Morgan fingerprint density at radius 1 is 1.19 bits per heavy atom. The number of carbonyl (C=O) groups is 1. The summed E-state index contributed by atoms with van der Waals surface area (Å²) in [5.74, 6) is 1.69. The van der Waals surface area contributed by atoms with E-state index in [-0.39, 0.29) is 5.91 Å². The maximum Gasteiger partial charge on any atom is 0.259 e. The molecule has 31 heavy (non-hydrogen) atoms. The van der Waals surface area contributed by atoms with Crippen LogP contribution in [0.25, 0.3) is 0 Å². The van der Waals surface area contributed by atoms with Crippen molar-refractivity contribution in [2.45, 2.75) is 32.2 Å². The van der Waals surface area contributed by atoms with Gasteiger partial charge >= 0.3 is 0 Å². The number of nitrogens with zero attached hydrogens (tertiary/aromatic N) is 5. The summed E-state index contributed by atoms with van der Waals surface area (Å²) in [4.78, 5) is 24.3. The Morgan fingerprint density at radius 3 is 2.55 bits per heavy atom. The number of benzene rings is 1. The van der Waals surface area contributed by atoms with Crippen LogP contribution in [0.2, 0.25) is 0 Å². The average Bonchev–Trinajstić information content (AvgIpc) is 3.19. The van der Waals surface area contributed by atoms with Gasteiger partial charge in [-0.15, -0.1) is 0 Å². The molecule has 4 rings (SSSR count). The molecule has 0 bridgehead atoms. The molecule has 3 aromatic rings. The molecule has 1 amide bonds. The highest BCUT2D eigenvalue weighted by Crippen LogP contribution is 2.27. The third-order valence-electron chi connectivity index (χ3n) is 5.71. The first-order chi connectivity index (χ1) is 15.0. The number of piperidine rings is 1. The zero-order chi connectivity index (χ0) is 21.8. The van der Waals surface area contributed by atoms with E-state index in [1.165, 1.54) is 5.56 Å². The van der Waals surface area contributed by atoms with Gasteiger partial charge in [-0.25, -0.2) is 9.97 Å². The summed E-state index contributed by atoms with van der Waals surface area (Å²) in [6.07, 6.45) is 7.66. The Hall–Kier alpha value is -3.26. The van der Waals surface area contributed by atoms with E-state index in [9.17, 15) is 4.79 Å². The van der Waals surface area contributed by atoms with Crippen LogP contribution < -0.4 is 10.1 Å². The molecule has 0 saturated carbocycles. The number of methoxy groups -OCH3 is 1. The van der Waals surface area contributed by atoms with Gasteiger partial charge in [0, 0.05) is 43.2 Å². The number of hydrogen-bond acceptors (Lipinski definition) is 6. The van der Waals surface area contributed by atoms with Crippen LogP contribution in [-0.4, -0.2) is 50.8 Å². The minimum absolute atomic E-state index is 0.208. The molecule has 1 N–H and O–H groups in total. The summed E-state index contributed by atoms with van der Waals surface area (Å²) in [5.41, 5.74) is 3.14. The smallest absolute Gasteiger partial charge is 0.259 e. The number of hydrogen-bond donors (Lipinski definition) is 1. The minimum Gasteiger partial charge on any atom is -0.497 e. The molecule has 8 nitrogen and oxygen atoms in total. The van der Waals surface area contributed by atoms with Crippen LogP contribution in [0.4, 0.5) is 5.69 Å². The lowest BCUT2D eigenvalue weighted by molar-refractivity contribution is 0.102. The Labute approximate surface area is 182 Å². The molecular weight excluding hydrogens is 392 g/mol. The van der Waals surface area contributed by atoms with E-state index in [2.05, 4.69) is 31.5 Å². The quantitative estimate of drug-likeness (QED) is 0.659. The summed E-state index contributed by atoms with van der Waals surface area (Å²) in [6, 6.07) is 7.23. The maximum atomic E-state index is 12.7. The first-order valence-electron chi connectivity index (χ1n) is 10.5. The van der Waals surface area contributed by atoms with E-state index in [0.717, 1.165) is 44.0 Å². The molecule has 0 spiro atoms. The summed E-state index contributed by atoms with van der Waals surface area (Å²) < 4.78 is 6.98. The number of amides is 1. The van der Waals surface area contributed by atoms with Gasteiger partial charge in [0.1, 0.15) is 11.6 Å². The number of ether oxygens (including phenoxy) is 1. The highest BCUT2D eigenvalue weighted by atomic mass is 16.5. The molecule has 0 radical (unpaired) electrons. The third kappa shape index (κ3) is 5.08. The largest absolute Gasteiger partial charge is 0.497 e. The monoisotopic (exact) mass is 420 g/mol. The van der Waals surface area contributed by atoms with Crippen molar-refractivity contribution in [3.05, 3.63) is 65.5 Å². The topological polar surface area (TPSA) is 85.2 Å². The minimum atomic E-state index is -0.208. The van der Waals surface area contributed by atoms with Gasteiger partial charge in [0.15, 0.2) is 0 Å². The predicted molar refractivity (Wildman–Crippen MR) is 118 cm³/mol. The Morgan fingerprint density at radius 2 is 1.94 bits per heavy atom. The van der Waals surface area contributed by atoms with Crippen LogP contribution in [0.3, 0.4) is 0 Å². The van der Waals surface area contributed by atoms with Gasteiger partial charge in [0.05, 0.1) is 24.6 Å². The van der Waals surface area contributed by atoms with Crippen molar-refractivity contribution < 1.29 is 9.53 Å². The summed E-state index contributed by atoms with van der Waals surface area (Å²) in [5, 5.41) is 7.13. The van der Waals surface area contributed by atoms with Crippen LogP contribution in [0.5, 0.6) is 5.75 Å². The third-order valence-corrected chi connectivity index (χ3v) is 5.71. The second-order valence-electron chi connectivity index (χ2n) is 7.98. The first-order valence-corrected chi connectivity index (χ1v) is 10.5. The van der Waals surface area contributed by atoms with Gasteiger partial charge in [-0.1, -0.05) is 0 Å². The van der Waals surface area contributed by atoms with E-state index in [1.54, 1.807) is 25.4 Å². The number of nitrogens with one attached hydrogen (secondary N) is 1. The summed E-state index contributed by atoms with van der Waals surface area (Å²) >= 11 is 0. The molecule has 8 heteroatoms. The van der Waals surface area contributed by atoms with Crippen LogP contribution in [0, 0.1) is 6.92 Å². The van der Waals surface area contributed by atoms with Gasteiger partial charge < -0.3 is 10.1 Å². The van der Waals surface area contributed by atoms with Crippen LogP contribution in [-0.2, 0) is 13.6 Å². The predicted octanol–water partition coefficient (Wildman–Crippen LogP) is 3.16. The molecule has 0 atom stereocenters. The normalized spacial score (nSPS) is 15.1. The highest BCUT2D eigenvalue weighted by Gasteiger charge is 2.24. The fourth-order valence-electron chi connectivity index (χ4n) is 3.94. The molecule has 162 valence electrons. The van der Waals surface area contributed by atoms with Crippen molar-refractivity contribution >= 4 is 11.6 Å². The van der Waals surface area contributed by atoms with E-state index >= 15 is 0 Å². The average molecular weight is 421 g/mol. The Balaban J connectivity index is 1.35. The molecule has 1 saturated heterocycles. The van der Waals surface area contributed by atoms with Crippen LogP contribution >= 0.6 is 0 Å². The second kappa shape index (κ2) is 9.26. The number of likely N-dealkylation sites (tertiary alicyclic amines) is 1. The van der Waals surface area contributed by atoms with E-state index in [1.807, 2.05) is 37.0 Å². The van der Waals surface area contributed by atoms with Crippen molar-refractivity contribution in [1.29, 1.82) is 0 Å². The number of aryl methyl sites for hydroxylation is 2. The van der Waals surface area contributed by atoms with Crippen molar-refractivity contribution in [1.82, 2.24) is 24.6 Å². The van der Waals surface area contributed by atoms with Crippen molar-refractivity contribution in [2.75, 3.05) is 25.5 Å². The van der Waals surface area contributed by atoms with E-state index < -0.39 is 0 Å². The lowest BCUT2D eigenvalue weighted by Gasteiger charge is -2.31. The van der Waals surface area contributed by atoms with E-state index in [0.29, 0.717) is 22.9 Å². The zero-order valence-corrected chi connectivity index (χ0v) is 18.2. The summed E-state index contributed by atoms with van der Waals surface area (Å²) in [7, 11) is 3.55. The van der Waals surface area contributed by atoms with Crippen molar-refractivity contribution in [3.8, 4) is 5.75 Å². The molecule has 1 fully saturated rings. The molecule has 3 heterocycles. The lowest BCUT2D eigenvalue weighted by Crippen LogP contribution is -2.33. The number of rotatable bonds is 6. The number of aromatic nitrogens is 4. The number of anilines is 1. The number of carbonyl (C=O) groups excluding carboxylic acids is 1. The molecule has 1 aliphatic rings. The van der Waals surface area contributed by atoms with Gasteiger partial charge in [-0.3, -0.25) is 14.4 Å². The van der Waals surface area contributed by atoms with Crippen molar-refractivity contribution in [3.63, 3.8) is 0 Å². The fraction of sp³-hybridized carbons (Fsp3) is 0.391. The highest BCUT2D eigenvalue weighted by molar-refractivity contribution is 6.04. The first kappa shape index (κ1) is 21.0. The van der Waals surface area contributed by atoms with E-state index in [4.69, 9.17) is 4.74 Å². The molecule has 0 aliphatic carbocycles. The fourth-order valence-corrected chi connectivity index (χ4v) is 3.94. The maximum absolute atomic E-state index is 12.7. The van der Waals surface area contributed by atoms with Crippen molar-refractivity contribution in [2.24, 2.45) is 7.05 Å². The molecule has 0 unspecified atom stereocenters. The second-order valence-corrected chi connectivity index (χ2v) is 7.98. The van der Waals surface area contributed by atoms with Gasteiger partial charge in [-0.2, -0.15) is 5.10 Å².